The molecule has 45 valence electrons. The summed E-state index contributed by atoms with van der Waals surface area (Å²) in [7, 11) is 0. The molecule has 8 heavy (non-hydrogen) atoms. The van der Waals surface area contributed by atoms with Gasteiger partial charge in [0.15, 0.2) is 0 Å². The Bertz CT molecular complexity index is 80.9. The van der Waals surface area contributed by atoms with Crippen molar-refractivity contribution in [1.82, 2.24) is 0 Å². The van der Waals surface area contributed by atoms with Crippen LogP contribution < -0.4 is 0 Å². The van der Waals surface area contributed by atoms with Crippen molar-refractivity contribution < 1.29 is 4.74 Å². The van der Waals surface area contributed by atoms with Gasteiger partial charge in [0.05, 0.1) is 0 Å². The quantitative estimate of drug-likeness (QED) is 0.500. The van der Waals surface area contributed by atoms with E-state index in [2.05, 4.69) is 5.92 Å². The fourth-order valence-corrected chi connectivity index (χ4v) is 0.336. The molecule has 0 aliphatic heterocycles. The molecule has 1 atom stereocenters. The Morgan fingerprint density at radius 3 is 2.75 bits per heavy atom. The second-order valence-corrected chi connectivity index (χ2v) is 1.66. The van der Waals surface area contributed by atoms with Crippen molar-refractivity contribution in [3.63, 3.8) is 0 Å². The highest BCUT2D eigenvalue weighted by molar-refractivity contribution is 4.84. The van der Waals surface area contributed by atoms with Gasteiger partial charge < -0.3 is 4.74 Å². The van der Waals surface area contributed by atoms with E-state index in [0.717, 1.165) is 13.0 Å². The first-order valence-corrected chi connectivity index (χ1v) is 2.85. The number of hydrogen-bond donors (Lipinski definition) is 0. The molecule has 1 heteroatoms. The van der Waals surface area contributed by atoms with Gasteiger partial charge in [-0.2, -0.15) is 0 Å². The summed E-state index contributed by atoms with van der Waals surface area (Å²) in [5, 5.41) is 0. The molecular formula is C7H11O. The van der Waals surface area contributed by atoms with Gasteiger partial charge in [0, 0.05) is 6.61 Å². The summed E-state index contributed by atoms with van der Waals surface area (Å²) in [6, 6.07) is 0. The molecule has 1 unspecified atom stereocenters. The highest BCUT2D eigenvalue weighted by Gasteiger charge is 1.91. The Hall–Kier alpha value is -0.480. The van der Waals surface area contributed by atoms with Gasteiger partial charge in [-0.05, 0) is 19.8 Å². The van der Waals surface area contributed by atoms with Crippen molar-refractivity contribution in [2.45, 2.75) is 26.4 Å². The Balaban J connectivity index is 3.02. The van der Waals surface area contributed by atoms with Crippen LogP contribution >= 0.6 is 0 Å². The molecule has 0 aliphatic carbocycles. The average Bonchev–Trinajstić information content (AvgIpc) is 1.83. The minimum absolute atomic E-state index is 0.130. The number of rotatable bonds is 3. The minimum Gasteiger partial charge on any atom is -0.366 e. The third-order valence-corrected chi connectivity index (χ3v) is 0.775. The molecule has 0 fully saturated rings. The molecule has 1 nitrogen and oxygen atoms in total. The summed E-state index contributed by atoms with van der Waals surface area (Å²) in [5.74, 6) is 2.23. The largest absolute Gasteiger partial charge is 0.366 e. The van der Waals surface area contributed by atoms with E-state index in [4.69, 9.17) is 11.2 Å². The Morgan fingerprint density at radius 2 is 2.38 bits per heavy atom. The van der Waals surface area contributed by atoms with Crippen LogP contribution in [0.5, 0.6) is 0 Å². The average molecular weight is 111 g/mol. The van der Waals surface area contributed by atoms with Gasteiger partial charge in [-0.3, -0.25) is 0 Å². The molecule has 0 amide bonds. The first kappa shape index (κ1) is 7.52. The van der Waals surface area contributed by atoms with Crippen LogP contribution in [0.4, 0.5) is 0 Å². The molecule has 0 N–H and O–H groups in total. The summed E-state index contributed by atoms with van der Waals surface area (Å²) in [5.41, 5.74) is 0. The van der Waals surface area contributed by atoms with Crippen molar-refractivity contribution in [1.29, 1.82) is 0 Å². The fraction of sp³-hybridized carbons (Fsp3) is 0.714. The maximum absolute atomic E-state index is 6.61. The maximum Gasteiger partial charge on any atom is 0.116 e. The first-order valence-electron chi connectivity index (χ1n) is 2.85. The maximum atomic E-state index is 6.61. The zero-order chi connectivity index (χ0) is 6.41. The summed E-state index contributed by atoms with van der Waals surface area (Å²) in [4.78, 5) is 0. The van der Waals surface area contributed by atoms with Crippen LogP contribution in [-0.4, -0.2) is 12.7 Å². The van der Waals surface area contributed by atoms with Crippen LogP contribution in [0.15, 0.2) is 0 Å². The summed E-state index contributed by atoms with van der Waals surface area (Å²) < 4.78 is 5.04. The minimum atomic E-state index is -0.130. The van der Waals surface area contributed by atoms with Gasteiger partial charge in [-0.15, -0.1) is 0 Å². The van der Waals surface area contributed by atoms with E-state index in [1.54, 1.807) is 0 Å². The third kappa shape index (κ3) is 3.70. The molecule has 0 saturated heterocycles. The van der Waals surface area contributed by atoms with Crippen molar-refractivity contribution >= 4 is 0 Å². The van der Waals surface area contributed by atoms with Gasteiger partial charge in [0.25, 0.3) is 0 Å². The number of ether oxygens (including phenoxy) is 1. The van der Waals surface area contributed by atoms with E-state index >= 15 is 0 Å². The van der Waals surface area contributed by atoms with E-state index in [9.17, 15) is 0 Å². The smallest absolute Gasteiger partial charge is 0.116 e. The van der Waals surface area contributed by atoms with Crippen LogP contribution in [0.25, 0.3) is 0 Å². The molecule has 0 rings (SSSR count). The zero-order valence-corrected chi connectivity index (χ0v) is 5.40. The summed E-state index contributed by atoms with van der Waals surface area (Å²) in [6.07, 6.45) is 7.49. The van der Waals surface area contributed by atoms with Crippen molar-refractivity contribution in [3.8, 4) is 5.92 Å². The molecule has 0 bridgehead atoms. The monoisotopic (exact) mass is 111 g/mol. The molecule has 0 aliphatic rings. The highest BCUT2D eigenvalue weighted by atomic mass is 16.5. The van der Waals surface area contributed by atoms with Gasteiger partial charge in [-0.25, -0.2) is 0 Å². The standard InChI is InChI=1S/C7H11O/c1-4-6-8-7(3)5-2/h7H,4,6H2,1,3H3. The molecule has 0 aromatic carbocycles. The van der Waals surface area contributed by atoms with E-state index in [-0.39, 0.29) is 6.10 Å². The lowest BCUT2D eigenvalue weighted by molar-refractivity contribution is 0.104. The van der Waals surface area contributed by atoms with E-state index in [1.807, 2.05) is 13.8 Å². The lowest BCUT2D eigenvalue weighted by atomic mass is 10.4. The van der Waals surface area contributed by atoms with Crippen LogP contribution in [0.3, 0.4) is 0 Å². The molecule has 0 aromatic rings. The predicted molar refractivity (Wildman–Crippen MR) is 32.8 cm³/mol. The van der Waals surface area contributed by atoms with Gasteiger partial charge >= 0.3 is 0 Å². The molecular weight excluding hydrogens is 100 g/mol. The summed E-state index contributed by atoms with van der Waals surface area (Å²) in [6.45, 7) is 4.58. The predicted octanol–water partition coefficient (Wildman–Crippen LogP) is 1.39. The third-order valence-electron chi connectivity index (χ3n) is 0.775. The molecule has 0 saturated carbocycles. The van der Waals surface area contributed by atoms with Crippen molar-refractivity contribution in [3.05, 3.63) is 6.42 Å². The van der Waals surface area contributed by atoms with Crippen LogP contribution in [-0.2, 0) is 4.74 Å². The van der Waals surface area contributed by atoms with E-state index < -0.39 is 0 Å². The Labute approximate surface area is 51.0 Å². The van der Waals surface area contributed by atoms with Crippen molar-refractivity contribution in [2.75, 3.05) is 6.61 Å². The lowest BCUT2D eigenvalue weighted by Crippen LogP contribution is -2.04. The van der Waals surface area contributed by atoms with Crippen molar-refractivity contribution in [2.24, 2.45) is 0 Å². The molecule has 0 aromatic heterocycles. The topological polar surface area (TPSA) is 9.23 Å². The van der Waals surface area contributed by atoms with E-state index in [0.29, 0.717) is 0 Å². The Morgan fingerprint density at radius 1 is 1.75 bits per heavy atom. The van der Waals surface area contributed by atoms with Crippen LogP contribution in [0.2, 0.25) is 0 Å². The van der Waals surface area contributed by atoms with Crippen LogP contribution in [0, 0.1) is 12.3 Å². The number of hydrogen-bond acceptors (Lipinski definition) is 1. The van der Waals surface area contributed by atoms with E-state index in [1.165, 1.54) is 0 Å². The SMILES string of the molecule is [C]#CC(C)OCCC. The van der Waals surface area contributed by atoms with Gasteiger partial charge in [0.2, 0.25) is 0 Å². The van der Waals surface area contributed by atoms with Gasteiger partial charge in [-0.1, -0.05) is 12.8 Å². The highest BCUT2D eigenvalue weighted by Crippen LogP contribution is 1.87. The molecule has 1 radical (unpaired) electrons. The second kappa shape index (κ2) is 4.67. The molecule has 0 spiro atoms. The normalized spacial score (nSPS) is 12.6. The molecule has 0 heterocycles. The second-order valence-electron chi connectivity index (χ2n) is 1.66. The fourth-order valence-electron chi connectivity index (χ4n) is 0.336. The zero-order valence-electron chi connectivity index (χ0n) is 5.40. The lowest BCUT2D eigenvalue weighted by Gasteiger charge is -2.02. The first-order chi connectivity index (χ1) is 3.81. The van der Waals surface area contributed by atoms with Gasteiger partial charge in [0.1, 0.15) is 6.10 Å². The summed E-state index contributed by atoms with van der Waals surface area (Å²) >= 11 is 0. The Kier molecular flexibility index (Phi) is 4.39. The van der Waals surface area contributed by atoms with Crippen LogP contribution in [0.1, 0.15) is 20.3 Å².